The Bertz CT molecular complexity index is 933. The minimum absolute atomic E-state index is 0.0227. The highest BCUT2D eigenvalue weighted by Gasteiger charge is 2.07. The molecule has 4 nitrogen and oxygen atoms in total. The lowest BCUT2D eigenvalue weighted by atomic mass is 10.1. The maximum atomic E-state index is 13.2. The highest BCUT2D eigenvalue weighted by molar-refractivity contribution is 6.31. The molecule has 6 heteroatoms. The molecule has 25 heavy (non-hydrogen) atoms. The fourth-order valence-electron chi connectivity index (χ4n) is 2.15. The largest absolute Gasteiger partial charge is 0.455 e. The highest BCUT2D eigenvalue weighted by Crippen LogP contribution is 2.26. The lowest BCUT2D eigenvalue weighted by Gasteiger charge is -2.00. The van der Waals surface area contributed by atoms with Gasteiger partial charge in [0.25, 0.3) is 5.91 Å². The molecule has 3 aromatic rings. The summed E-state index contributed by atoms with van der Waals surface area (Å²) in [6.45, 7) is 1.95. The Morgan fingerprint density at radius 3 is 2.64 bits per heavy atom. The van der Waals surface area contributed by atoms with Gasteiger partial charge in [-0.3, -0.25) is 4.79 Å². The lowest BCUT2D eigenvalue weighted by molar-refractivity contribution is 0.0955. The number of hydrazone groups is 1. The number of furan rings is 1. The second-order valence-electron chi connectivity index (χ2n) is 5.40. The molecule has 0 aliphatic heterocycles. The van der Waals surface area contributed by atoms with Crippen molar-refractivity contribution in [2.45, 2.75) is 6.92 Å². The zero-order valence-electron chi connectivity index (χ0n) is 13.3. The van der Waals surface area contributed by atoms with Crippen LogP contribution in [-0.2, 0) is 0 Å². The van der Waals surface area contributed by atoms with Gasteiger partial charge in [-0.2, -0.15) is 5.10 Å². The molecule has 0 atom stereocenters. The van der Waals surface area contributed by atoms with Crippen LogP contribution in [0.15, 0.2) is 64.1 Å². The maximum absolute atomic E-state index is 13.2. The Morgan fingerprint density at radius 1 is 1.16 bits per heavy atom. The third kappa shape index (κ3) is 4.14. The molecule has 3 rings (SSSR count). The van der Waals surface area contributed by atoms with E-state index < -0.39 is 5.82 Å². The molecule has 1 N–H and O–H groups in total. The van der Waals surface area contributed by atoms with Gasteiger partial charge in [0.2, 0.25) is 0 Å². The third-order valence-electron chi connectivity index (χ3n) is 3.50. The quantitative estimate of drug-likeness (QED) is 0.538. The van der Waals surface area contributed by atoms with Crippen molar-refractivity contribution in [1.29, 1.82) is 0 Å². The number of hydrogen-bond donors (Lipinski definition) is 1. The second kappa shape index (κ2) is 7.32. The number of halogens is 2. The number of nitrogens with zero attached hydrogens (tertiary/aromatic N) is 1. The first-order valence-electron chi connectivity index (χ1n) is 7.48. The molecule has 0 saturated carbocycles. The van der Waals surface area contributed by atoms with Crippen LogP contribution in [0.3, 0.4) is 0 Å². The van der Waals surface area contributed by atoms with E-state index in [4.69, 9.17) is 16.0 Å². The van der Waals surface area contributed by atoms with Crippen molar-refractivity contribution in [2.24, 2.45) is 5.10 Å². The van der Waals surface area contributed by atoms with Gasteiger partial charge in [0.15, 0.2) is 0 Å². The molecule has 1 heterocycles. The Labute approximate surface area is 148 Å². The molecule has 0 aliphatic carbocycles. The number of benzene rings is 2. The van der Waals surface area contributed by atoms with Gasteiger partial charge >= 0.3 is 0 Å². The van der Waals surface area contributed by atoms with Crippen LogP contribution in [0.25, 0.3) is 11.3 Å². The molecule has 0 spiro atoms. The molecular weight excluding hydrogens is 343 g/mol. The fourth-order valence-corrected chi connectivity index (χ4v) is 2.33. The summed E-state index contributed by atoms with van der Waals surface area (Å²) < 4.78 is 18.8. The van der Waals surface area contributed by atoms with Gasteiger partial charge in [-0.15, -0.1) is 0 Å². The molecule has 1 amide bonds. The van der Waals surface area contributed by atoms with Crippen LogP contribution in [-0.4, -0.2) is 12.1 Å². The Morgan fingerprint density at radius 2 is 1.92 bits per heavy atom. The van der Waals surface area contributed by atoms with Crippen molar-refractivity contribution in [2.75, 3.05) is 0 Å². The molecular formula is C19H14ClFN2O2. The van der Waals surface area contributed by atoms with Gasteiger partial charge in [-0.25, -0.2) is 9.82 Å². The predicted octanol–water partition coefficient (Wildman–Crippen LogP) is 4.81. The summed E-state index contributed by atoms with van der Waals surface area (Å²) in [6.07, 6.45) is 1.39. The Hall–Kier alpha value is -2.92. The molecule has 0 bridgehead atoms. The van der Waals surface area contributed by atoms with Gasteiger partial charge < -0.3 is 4.42 Å². The van der Waals surface area contributed by atoms with Crippen molar-refractivity contribution in [3.8, 4) is 11.3 Å². The minimum Gasteiger partial charge on any atom is -0.455 e. The van der Waals surface area contributed by atoms with Gasteiger partial charge in [0.1, 0.15) is 17.3 Å². The van der Waals surface area contributed by atoms with E-state index in [2.05, 4.69) is 10.5 Å². The van der Waals surface area contributed by atoms with Gasteiger partial charge in [0, 0.05) is 11.1 Å². The van der Waals surface area contributed by atoms with Crippen LogP contribution in [0.4, 0.5) is 4.39 Å². The van der Waals surface area contributed by atoms with Crippen molar-refractivity contribution < 1.29 is 13.6 Å². The van der Waals surface area contributed by atoms with E-state index in [0.29, 0.717) is 22.6 Å². The molecule has 0 unspecified atom stereocenters. The molecule has 0 fully saturated rings. The summed E-state index contributed by atoms with van der Waals surface area (Å²) in [5.41, 5.74) is 4.67. The van der Waals surface area contributed by atoms with Crippen LogP contribution >= 0.6 is 11.6 Å². The fraction of sp³-hybridized carbons (Fsp3) is 0.0526. The van der Waals surface area contributed by atoms with Crippen molar-refractivity contribution in [3.05, 3.63) is 82.3 Å². The van der Waals surface area contributed by atoms with Crippen molar-refractivity contribution in [1.82, 2.24) is 5.43 Å². The first-order valence-corrected chi connectivity index (χ1v) is 7.86. The number of nitrogens with one attached hydrogen (secondary N) is 1. The van der Waals surface area contributed by atoms with Crippen LogP contribution in [0.5, 0.6) is 0 Å². The number of carbonyl (C=O) groups excluding carboxylic acids is 1. The molecule has 0 radical (unpaired) electrons. The van der Waals surface area contributed by atoms with Gasteiger partial charge in [-0.05, 0) is 49.4 Å². The molecule has 2 aromatic carbocycles. The summed E-state index contributed by atoms with van der Waals surface area (Å²) in [5, 5.41) is 3.90. The summed E-state index contributed by atoms with van der Waals surface area (Å²) in [7, 11) is 0. The SMILES string of the molecule is Cc1ccc(C(=O)N/N=C/c2ccc(-c3ccc(F)c(Cl)c3)o2)cc1. The highest BCUT2D eigenvalue weighted by atomic mass is 35.5. The minimum atomic E-state index is -0.488. The Kier molecular flexibility index (Phi) is 4.95. The molecule has 0 aliphatic rings. The topological polar surface area (TPSA) is 54.6 Å². The average Bonchev–Trinajstić information content (AvgIpc) is 3.07. The number of aryl methyl sites for hydroxylation is 1. The second-order valence-corrected chi connectivity index (χ2v) is 5.80. The maximum Gasteiger partial charge on any atom is 0.271 e. The summed E-state index contributed by atoms with van der Waals surface area (Å²) in [4.78, 5) is 11.9. The Balaban J connectivity index is 1.66. The lowest BCUT2D eigenvalue weighted by Crippen LogP contribution is -2.17. The number of carbonyl (C=O) groups is 1. The standard InChI is InChI=1S/C19H14ClFN2O2/c1-12-2-4-13(5-3-12)19(24)23-22-11-15-7-9-18(25-15)14-6-8-17(21)16(20)10-14/h2-11H,1H3,(H,23,24)/b22-11+. The monoisotopic (exact) mass is 356 g/mol. The van der Waals surface area contributed by atoms with E-state index in [9.17, 15) is 9.18 Å². The molecule has 126 valence electrons. The predicted molar refractivity (Wildman–Crippen MR) is 95.4 cm³/mol. The van der Waals surface area contributed by atoms with E-state index in [-0.39, 0.29) is 10.9 Å². The van der Waals surface area contributed by atoms with E-state index in [1.54, 1.807) is 30.3 Å². The number of amides is 1. The zero-order valence-corrected chi connectivity index (χ0v) is 14.0. The zero-order chi connectivity index (χ0) is 17.8. The normalized spacial score (nSPS) is 11.0. The van der Waals surface area contributed by atoms with E-state index in [0.717, 1.165) is 5.56 Å². The number of hydrogen-bond acceptors (Lipinski definition) is 3. The summed E-state index contributed by atoms with van der Waals surface area (Å²) in [5.74, 6) is 0.166. The van der Waals surface area contributed by atoms with E-state index in [1.807, 2.05) is 19.1 Å². The first kappa shape index (κ1) is 16.9. The summed E-state index contributed by atoms with van der Waals surface area (Å²) >= 11 is 5.77. The van der Waals surface area contributed by atoms with Crippen LogP contribution in [0.2, 0.25) is 5.02 Å². The third-order valence-corrected chi connectivity index (χ3v) is 3.79. The van der Waals surface area contributed by atoms with Crippen LogP contribution in [0.1, 0.15) is 21.7 Å². The van der Waals surface area contributed by atoms with E-state index in [1.165, 1.54) is 18.3 Å². The summed E-state index contributed by atoms with van der Waals surface area (Å²) in [6, 6.07) is 14.9. The van der Waals surface area contributed by atoms with Crippen molar-refractivity contribution >= 4 is 23.7 Å². The van der Waals surface area contributed by atoms with Crippen LogP contribution < -0.4 is 5.43 Å². The van der Waals surface area contributed by atoms with Gasteiger partial charge in [-0.1, -0.05) is 29.3 Å². The number of rotatable bonds is 4. The van der Waals surface area contributed by atoms with E-state index >= 15 is 0 Å². The van der Waals surface area contributed by atoms with Crippen LogP contribution in [0, 0.1) is 12.7 Å². The van der Waals surface area contributed by atoms with Gasteiger partial charge in [0.05, 0.1) is 11.2 Å². The average molecular weight is 357 g/mol. The smallest absolute Gasteiger partial charge is 0.271 e. The molecule has 0 saturated heterocycles. The first-order chi connectivity index (χ1) is 12.0. The van der Waals surface area contributed by atoms with Crippen molar-refractivity contribution in [3.63, 3.8) is 0 Å². The molecule has 1 aromatic heterocycles.